The van der Waals surface area contributed by atoms with E-state index in [-0.39, 0.29) is 24.7 Å². The molecule has 0 bridgehead atoms. The summed E-state index contributed by atoms with van der Waals surface area (Å²) in [4.78, 5) is 50.9. The van der Waals surface area contributed by atoms with Crippen LogP contribution in [-0.4, -0.2) is 53.9 Å². The SMILES string of the molecule is CC.CN1Cc2cc(C=O)c(C(=O)N(C)C3CCC(=O)NC3=O)cc2C1. The Morgan fingerprint density at radius 2 is 1.85 bits per heavy atom. The van der Waals surface area contributed by atoms with E-state index in [1.807, 2.05) is 20.9 Å². The lowest BCUT2D eigenvalue weighted by molar-refractivity contribution is -0.136. The Morgan fingerprint density at radius 3 is 2.42 bits per heavy atom. The smallest absolute Gasteiger partial charge is 0.255 e. The number of hydrogen-bond acceptors (Lipinski definition) is 5. The third-order valence-corrected chi connectivity index (χ3v) is 4.61. The molecule has 7 nitrogen and oxygen atoms in total. The molecule has 1 unspecified atom stereocenters. The first-order valence-corrected chi connectivity index (χ1v) is 8.81. The van der Waals surface area contributed by atoms with E-state index in [4.69, 9.17) is 0 Å². The van der Waals surface area contributed by atoms with Gasteiger partial charge in [-0.05, 0) is 36.7 Å². The van der Waals surface area contributed by atoms with Gasteiger partial charge in [0, 0.05) is 32.1 Å². The van der Waals surface area contributed by atoms with Gasteiger partial charge in [0.25, 0.3) is 5.91 Å². The highest BCUT2D eigenvalue weighted by molar-refractivity contribution is 6.06. The van der Waals surface area contributed by atoms with Crippen molar-refractivity contribution in [1.29, 1.82) is 0 Å². The van der Waals surface area contributed by atoms with Crippen molar-refractivity contribution in [3.63, 3.8) is 0 Å². The molecule has 1 atom stereocenters. The van der Waals surface area contributed by atoms with Gasteiger partial charge < -0.3 is 4.90 Å². The Morgan fingerprint density at radius 1 is 1.23 bits per heavy atom. The molecule has 1 N–H and O–H groups in total. The maximum atomic E-state index is 12.8. The van der Waals surface area contributed by atoms with E-state index in [0.29, 0.717) is 17.4 Å². The maximum absolute atomic E-state index is 12.8. The van der Waals surface area contributed by atoms with Gasteiger partial charge in [0.15, 0.2) is 6.29 Å². The van der Waals surface area contributed by atoms with Gasteiger partial charge in [0.1, 0.15) is 6.04 Å². The summed E-state index contributed by atoms with van der Waals surface area (Å²) in [5.41, 5.74) is 2.68. The second kappa shape index (κ2) is 8.23. The Bertz CT molecular complexity index is 745. The quantitative estimate of drug-likeness (QED) is 0.650. The Hall–Kier alpha value is -2.54. The molecule has 7 heteroatoms. The molecule has 0 spiro atoms. The summed E-state index contributed by atoms with van der Waals surface area (Å²) in [6, 6.07) is 2.79. The first-order chi connectivity index (χ1) is 12.4. The first-order valence-electron chi connectivity index (χ1n) is 8.81. The molecule has 1 fully saturated rings. The normalized spacial score (nSPS) is 19.2. The lowest BCUT2D eigenvalue weighted by atomic mass is 9.98. The van der Waals surface area contributed by atoms with Gasteiger partial charge in [-0.25, -0.2) is 0 Å². The number of amides is 3. The largest absolute Gasteiger partial charge is 0.330 e. The minimum atomic E-state index is -0.703. The van der Waals surface area contributed by atoms with Crippen LogP contribution < -0.4 is 5.32 Å². The molecule has 0 aromatic heterocycles. The predicted molar refractivity (Wildman–Crippen MR) is 96.6 cm³/mol. The zero-order valence-electron chi connectivity index (χ0n) is 15.7. The van der Waals surface area contributed by atoms with Crippen LogP contribution in [0.25, 0.3) is 0 Å². The van der Waals surface area contributed by atoms with Crippen molar-refractivity contribution < 1.29 is 19.2 Å². The number of carbonyl (C=O) groups excluding carboxylic acids is 4. The van der Waals surface area contributed by atoms with E-state index < -0.39 is 11.9 Å². The zero-order valence-corrected chi connectivity index (χ0v) is 15.7. The third kappa shape index (κ3) is 3.83. The number of nitrogens with one attached hydrogen (secondary N) is 1. The standard InChI is InChI=1S/C17H19N3O4.C2H6/c1-19-7-10-5-12(9-21)13(6-11(10)8-19)17(24)20(2)14-3-4-15(22)18-16(14)23;1-2/h5-6,9,14H,3-4,7-8H2,1-2H3,(H,18,22,23);1-2H3. The molecular weight excluding hydrogens is 334 g/mol. The van der Waals surface area contributed by atoms with E-state index in [2.05, 4.69) is 10.2 Å². The van der Waals surface area contributed by atoms with E-state index in [9.17, 15) is 19.2 Å². The van der Waals surface area contributed by atoms with Gasteiger partial charge in [-0.1, -0.05) is 13.8 Å². The number of benzene rings is 1. The summed E-state index contributed by atoms with van der Waals surface area (Å²) in [6.07, 6.45) is 1.16. The number of aldehydes is 1. The molecule has 3 amide bonds. The molecule has 0 saturated carbocycles. The van der Waals surface area contributed by atoms with Crippen molar-refractivity contribution in [3.8, 4) is 0 Å². The number of rotatable bonds is 3. The first kappa shape index (κ1) is 19.8. The van der Waals surface area contributed by atoms with E-state index >= 15 is 0 Å². The van der Waals surface area contributed by atoms with Gasteiger partial charge in [-0.2, -0.15) is 0 Å². The second-order valence-electron chi connectivity index (χ2n) is 6.38. The number of imide groups is 1. The molecule has 1 aromatic carbocycles. The molecule has 2 aliphatic rings. The van der Waals surface area contributed by atoms with E-state index in [0.717, 1.165) is 24.2 Å². The maximum Gasteiger partial charge on any atom is 0.255 e. The highest BCUT2D eigenvalue weighted by Gasteiger charge is 2.33. The highest BCUT2D eigenvalue weighted by Crippen LogP contribution is 2.26. The monoisotopic (exact) mass is 359 g/mol. The van der Waals surface area contributed by atoms with E-state index in [1.54, 1.807) is 12.1 Å². The van der Waals surface area contributed by atoms with Crippen LogP contribution in [0.15, 0.2) is 12.1 Å². The number of carbonyl (C=O) groups is 4. The minimum absolute atomic E-state index is 0.198. The number of piperidine rings is 1. The van der Waals surface area contributed by atoms with E-state index in [1.165, 1.54) is 11.9 Å². The fourth-order valence-electron chi connectivity index (χ4n) is 3.31. The van der Waals surface area contributed by atoms with Crippen LogP contribution in [0.1, 0.15) is 58.5 Å². The Kier molecular flexibility index (Phi) is 6.26. The summed E-state index contributed by atoms with van der Waals surface area (Å²) in [5, 5.41) is 2.24. The van der Waals surface area contributed by atoms with Gasteiger partial charge in [-0.3, -0.25) is 29.4 Å². The van der Waals surface area contributed by atoms with Gasteiger partial charge in [0.2, 0.25) is 11.8 Å². The zero-order chi connectivity index (χ0) is 19.4. The summed E-state index contributed by atoms with van der Waals surface area (Å²) < 4.78 is 0. The lowest BCUT2D eigenvalue weighted by Gasteiger charge is -2.30. The predicted octanol–water partition coefficient (Wildman–Crippen LogP) is 1.35. The molecule has 26 heavy (non-hydrogen) atoms. The molecule has 3 rings (SSSR count). The minimum Gasteiger partial charge on any atom is -0.330 e. The van der Waals surface area contributed by atoms with Crippen molar-refractivity contribution >= 4 is 24.0 Å². The van der Waals surface area contributed by atoms with Gasteiger partial charge in [0.05, 0.1) is 5.56 Å². The van der Waals surface area contributed by atoms with Crippen molar-refractivity contribution in [3.05, 3.63) is 34.4 Å². The van der Waals surface area contributed by atoms with Gasteiger partial charge in [-0.15, -0.1) is 0 Å². The number of hydrogen-bond donors (Lipinski definition) is 1. The average molecular weight is 359 g/mol. The second-order valence-corrected chi connectivity index (χ2v) is 6.38. The lowest BCUT2D eigenvalue weighted by Crippen LogP contribution is -2.53. The Labute approximate surface area is 153 Å². The average Bonchev–Trinajstić information content (AvgIpc) is 3.00. The van der Waals surface area contributed by atoms with Crippen LogP contribution in [0.4, 0.5) is 0 Å². The topological polar surface area (TPSA) is 86.8 Å². The van der Waals surface area contributed by atoms with Crippen LogP contribution in [0.2, 0.25) is 0 Å². The summed E-state index contributed by atoms with van der Waals surface area (Å²) in [5.74, 6) is -1.19. The van der Waals surface area contributed by atoms with Crippen molar-refractivity contribution in [1.82, 2.24) is 15.1 Å². The molecule has 1 saturated heterocycles. The molecular formula is C19H25N3O4. The molecule has 0 aliphatic carbocycles. The van der Waals surface area contributed by atoms with Crippen LogP contribution in [0.3, 0.4) is 0 Å². The molecule has 1 aromatic rings. The number of nitrogens with zero attached hydrogens (tertiary/aromatic N) is 2. The highest BCUT2D eigenvalue weighted by atomic mass is 16.2. The third-order valence-electron chi connectivity index (χ3n) is 4.61. The van der Waals surface area contributed by atoms with Crippen LogP contribution in [0.5, 0.6) is 0 Å². The van der Waals surface area contributed by atoms with Gasteiger partial charge >= 0.3 is 0 Å². The fourth-order valence-corrected chi connectivity index (χ4v) is 3.31. The van der Waals surface area contributed by atoms with Crippen LogP contribution in [-0.2, 0) is 22.7 Å². The summed E-state index contributed by atoms with van der Waals surface area (Å²) in [7, 11) is 3.49. The molecule has 2 aliphatic heterocycles. The summed E-state index contributed by atoms with van der Waals surface area (Å²) >= 11 is 0. The van der Waals surface area contributed by atoms with Crippen molar-refractivity contribution in [2.24, 2.45) is 0 Å². The van der Waals surface area contributed by atoms with Crippen LogP contribution >= 0.6 is 0 Å². The molecule has 2 heterocycles. The van der Waals surface area contributed by atoms with Crippen LogP contribution in [0, 0.1) is 0 Å². The molecule has 140 valence electrons. The number of fused-ring (bicyclic) bond motifs is 1. The van der Waals surface area contributed by atoms with Crippen molar-refractivity contribution in [2.75, 3.05) is 14.1 Å². The van der Waals surface area contributed by atoms with Crippen molar-refractivity contribution in [2.45, 2.75) is 45.8 Å². The molecule has 0 radical (unpaired) electrons. The Balaban J connectivity index is 0.00000117. The fraction of sp³-hybridized carbons (Fsp3) is 0.474. The number of likely N-dealkylation sites (N-methyl/N-ethyl adjacent to an activating group) is 1. The summed E-state index contributed by atoms with van der Waals surface area (Å²) in [6.45, 7) is 5.46.